The minimum atomic E-state index is -0.207. The first-order valence-electron chi connectivity index (χ1n) is 7.16. The second-order valence-electron chi connectivity index (χ2n) is 5.40. The molecule has 0 bridgehead atoms. The van der Waals surface area contributed by atoms with Gasteiger partial charge in [0, 0.05) is 17.5 Å². The first kappa shape index (κ1) is 15.1. The summed E-state index contributed by atoms with van der Waals surface area (Å²) >= 11 is 0. The van der Waals surface area contributed by atoms with Gasteiger partial charge in [0.15, 0.2) is 23.0 Å². The van der Waals surface area contributed by atoms with Crippen LogP contribution in [0.25, 0.3) is 0 Å². The van der Waals surface area contributed by atoms with Gasteiger partial charge in [-0.3, -0.25) is 0 Å². The molecule has 0 fully saturated rings. The average molecular weight is 318 g/mol. The highest BCUT2D eigenvalue weighted by molar-refractivity contribution is 5.57. The minimum absolute atomic E-state index is 0.0492. The molecule has 122 valence electrons. The molecule has 1 aliphatic rings. The Morgan fingerprint density at radius 3 is 2.48 bits per heavy atom. The molecule has 3 N–H and O–H groups in total. The van der Waals surface area contributed by atoms with Gasteiger partial charge in [-0.1, -0.05) is 6.07 Å². The van der Waals surface area contributed by atoms with E-state index in [2.05, 4.69) is 0 Å². The van der Waals surface area contributed by atoms with Crippen LogP contribution in [0.15, 0.2) is 24.3 Å². The lowest BCUT2D eigenvalue weighted by atomic mass is 9.89. The van der Waals surface area contributed by atoms with Crippen LogP contribution in [0.3, 0.4) is 0 Å². The lowest BCUT2D eigenvalue weighted by molar-refractivity contribution is 0.254. The molecule has 1 atom stereocenters. The highest BCUT2D eigenvalue weighted by Gasteiger charge is 2.27. The van der Waals surface area contributed by atoms with E-state index in [1.165, 1.54) is 26.4 Å². The van der Waals surface area contributed by atoms with Crippen LogP contribution in [0.5, 0.6) is 34.5 Å². The largest absolute Gasteiger partial charge is 0.504 e. The van der Waals surface area contributed by atoms with E-state index in [4.69, 9.17) is 14.2 Å². The zero-order chi connectivity index (χ0) is 16.6. The Balaban J connectivity index is 1.98. The number of hydrogen-bond acceptors (Lipinski definition) is 6. The summed E-state index contributed by atoms with van der Waals surface area (Å²) in [5.41, 5.74) is 1.58. The van der Waals surface area contributed by atoms with E-state index in [-0.39, 0.29) is 23.2 Å². The molecule has 0 radical (unpaired) electrons. The number of fused-ring (bicyclic) bond motifs is 1. The topological polar surface area (TPSA) is 88.4 Å². The van der Waals surface area contributed by atoms with Crippen LogP contribution in [-0.2, 0) is 6.42 Å². The number of phenols is 3. The normalized spacial score (nSPS) is 16.3. The summed E-state index contributed by atoms with van der Waals surface area (Å²) < 4.78 is 16.1. The standard InChI is InChI=1S/C17H18O6/c1-21-14-4-3-11(17(22-2)16(14)20)10-5-9-6-12(18)13(19)7-15(9)23-8-10/h3-4,6-7,10,18-20H,5,8H2,1-2H3/t10-/m1/s1. The Morgan fingerprint density at radius 2 is 1.78 bits per heavy atom. The maximum atomic E-state index is 10.2. The number of ether oxygens (including phenoxy) is 3. The Bertz CT molecular complexity index is 740. The molecule has 1 aliphatic heterocycles. The van der Waals surface area contributed by atoms with Gasteiger partial charge in [0.2, 0.25) is 5.75 Å². The van der Waals surface area contributed by atoms with Gasteiger partial charge in [0.1, 0.15) is 5.75 Å². The van der Waals surface area contributed by atoms with Crippen molar-refractivity contribution < 1.29 is 29.5 Å². The van der Waals surface area contributed by atoms with Gasteiger partial charge in [0.25, 0.3) is 0 Å². The monoisotopic (exact) mass is 318 g/mol. The molecular formula is C17H18O6. The molecule has 1 heterocycles. The van der Waals surface area contributed by atoms with E-state index < -0.39 is 0 Å². The van der Waals surface area contributed by atoms with Crippen molar-refractivity contribution in [1.82, 2.24) is 0 Å². The molecule has 0 aromatic heterocycles. The van der Waals surface area contributed by atoms with Crippen molar-refractivity contribution in [2.24, 2.45) is 0 Å². The molecule has 0 saturated carbocycles. The van der Waals surface area contributed by atoms with Crippen LogP contribution in [0.2, 0.25) is 0 Å². The van der Waals surface area contributed by atoms with Crippen LogP contribution in [0.1, 0.15) is 17.0 Å². The van der Waals surface area contributed by atoms with Crippen molar-refractivity contribution in [3.63, 3.8) is 0 Å². The van der Waals surface area contributed by atoms with Gasteiger partial charge in [-0.2, -0.15) is 0 Å². The number of rotatable bonds is 3. The summed E-state index contributed by atoms with van der Waals surface area (Å²) in [6.45, 7) is 0.374. The van der Waals surface area contributed by atoms with Crippen molar-refractivity contribution in [2.75, 3.05) is 20.8 Å². The predicted octanol–water partition coefficient (Wildman–Crippen LogP) is 2.54. The van der Waals surface area contributed by atoms with E-state index in [1.807, 2.05) is 6.07 Å². The van der Waals surface area contributed by atoms with Crippen molar-refractivity contribution in [3.05, 3.63) is 35.4 Å². The second kappa shape index (κ2) is 5.79. The third-order valence-electron chi connectivity index (χ3n) is 4.05. The number of benzene rings is 2. The summed E-state index contributed by atoms with van der Waals surface area (Å²) in [6.07, 6.45) is 0.589. The lowest BCUT2D eigenvalue weighted by Gasteiger charge is -2.27. The summed E-state index contributed by atoms with van der Waals surface area (Å²) in [7, 11) is 2.96. The number of phenolic OH excluding ortho intramolecular Hbond substituents is 3. The molecule has 6 heteroatoms. The van der Waals surface area contributed by atoms with Gasteiger partial charge < -0.3 is 29.5 Å². The molecule has 0 aliphatic carbocycles. The third-order valence-corrected chi connectivity index (χ3v) is 4.05. The molecule has 23 heavy (non-hydrogen) atoms. The van der Waals surface area contributed by atoms with Crippen molar-refractivity contribution >= 4 is 0 Å². The fourth-order valence-corrected chi connectivity index (χ4v) is 2.88. The molecular weight excluding hydrogens is 300 g/mol. The zero-order valence-corrected chi connectivity index (χ0v) is 12.9. The summed E-state index contributed by atoms with van der Waals surface area (Å²) in [5.74, 6) is 0.743. The number of hydrogen-bond donors (Lipinski definition) is 3. The highest BCUT2D eigenvalue weighted by Crippen LogP contribution is 2.45. The molecule has 6 nitrogen and oxygen atoms in total. The zero-order valence-electron chi connectivity index (χ0n) is 12.9. The van der Waals surface area contributed by atoms with Crippen LogP contribution in [0, 0.1) is 0 Å². The van der Waals surface area contributed by atoms with E-state index in [1.54, 1.807) is 6.07 Å². The van der Waals surface area contributed by atoms with Crippen LogP contribution in [0.4, 0.5) is 0 Å². The molecule has 0 saturated heterocycles. The Labute approximate surface area is 133 Å². The highest BCUT2D eigenvalue weighted by atomic mass is 16.5. The van der Waals surface area contributed by atoms with Crippen LogP contribution >= 0.6 is 0 Å². The second-order valence-corrected chi connectivity index (χ2v) is 5.40. The number of methoxy groups -OCH3 is 2. The quantitative estimate of drug-likeness (QED) is 0.754. The minimum Gasteiger partial charge on any atom is -0.504 e. The van der Waals surface area contributed by atoms with Gasteiger partial charge >= 0.3 is 0 Å². The predicted molar refractivity (Wildman–Crippen MR) is 82.9 cm³/mol. The molecule has 0 amide bonds. The SMILES string of the molecule is COc1ccc([C@H]2COc3cc(O)c(O)cc3C2)c(OC)c1O. The average Bonchev–Trinajstić information content (AvgIpc) is 2.55. The maximum Gasteiger partial charge on any atom is 0.201 e. The summed E-state index contributed by atoms with van der Waals surface area (Å²) in [6, 6.07) is 6.41. The Morgan fingerprint density at radius 1 is 1.04 bits per heavy atom. The molecule has 0 unspecified atom stereocenters. The van der Waals surface area contributed by atoms with Crippen molar-refractivity contribution in [1.29, 1.82) is 0 Å². The van der Waals surface area contributed by atoms with Gasteiger partial charge in [-0.05, 0) is 24.1 Å². The molecule has 3 rings (SSSR count). The molecule has 0 spiro atoms. The number of aromatic hydroxyl groups is 3. The fourth-order valence-electron chi connectivity index (χ4n) is 2.88. The van der Waals surface area contributed by atoms with Gasteiger partial charge in [-0.25, -0.2) is 0 Å². The van der Waals surface area contributed by atoms with Crippen LogP contribution in [-0.4, -0.2) is 36.1 Å². The summed E-state index contributed by atoms with van der Waals surface area (Å²) in [4.78, 5) is 0. The van der Waals surface area contributed by atoms with E-state index >= 15 is 0 Å². The lowest BCUT2D eigenvalue weighted by Crippen LogP contribution is -2.19. The maximum absolute atomic E-state index is 10.2. The van der Waals surface area contributed by atoms with Crippen molar-refractivity contribution in [2.45, 2.75) is 12.3 Å². The fraction of sp³-hybridized carbons (Fsp3) is 0.294. The first-order valence-corrected chi connectivity index (χ1v) is 7.16. The van der Waals surface area contributed by atoms with E-state index in [0.717, 1.165) is 11.1 Å². The van der Waals surface area contributed by atoms with Crippen LogP contribution < -0.4 is 14.2 Å². The van der Waals surface area contributed by atoms with Crippen molar-refractivity contribution in [3.8, 4) is 34.5 Å². The first-order chi connectivity index (χ1) is 11.0. The Hall–Kier alpha value is -2.76. The summed E-state index contributed by atoms with van der Waals surface area (Å²) in [5, 5.41) is 29.4. The van der Waals surface area contributed by atoms with E-state index in [9.17, 15) is 15.3 Å². The smallest absolute Gasteiger partial charge is 0.201 e. The molecule has 2 aromatic rings. The third kappa shape index (κ3) is 2.56. The molecule has 2 aromatic carbocycles. The van der Waals surface area contributed by atoms with Gasteiger partial charge in [-0.15, -0.1) is 0 Å². The van der Waals surface area contributed by atoms with Gasteiger partial charge in [0.05, 0.1) is 20.8 Å². The Kier molecular flexibility index (Phi) is 3.82. The van der Waals surface area contributed by atoms with E-state index in [0.29, 0.717) is 30.3 Å².